The second kappa shape index (κ2) is 5.63. The van der Waals surface area contributed by atoms with Gasteiger partial charge >= 0.3 is 0 Å². The first-order chi connectivity index (χ1) is 8.93. The van der Waals surface area contributed by atoms with E-state index in [-0.39, 0.29) is 0 Å². The predicted molar refractivity (Wildman–Crippen MR) is 77.9 cm³/mol. The van der Waals surface area contributed by atoms with Crippen LogP contribution in [0.4, 0.5) is 0 Å². The minimum atomic E-state index is -3.32. The van der Waals surface area contributed by atoms with E-state index in [1.807, 2.05) is 25.1 Å². The molecule has 0 radical (unpaired) electrons. The summed E-state index contributed by atoms with van der Waals surface area (Å²) < 4.78 is 27.1. The second-order valence-corrected chi connectivity index (χ2v) is 7.55. The first-order valence-corrected chi connectivity index (χ1v) is 8.47. The number of aryl methyl sites for hydroxylation is 1. The SMILES string of the molecule is Cc1ccc(C(C)C)cc1S(=O)(=O)N1CCCCC1. The van der Waals surface area contributed by atoms with Crippen LogP contribution in [0.1, 0.15) is 50.2 Å². The summed E-state index contributed by atoms with van der Waals surface area (Å²) in [5, 5.41) is 0. The van der Waals surface area contributed by atoms with Crippen LogP contribution in [0.3, 0.4) is 0 Å². The van der Waals surface area contributed by atoms with Gasteiger partial charge in [0.2, 0.25) is 10.0 Å². The topological polar surface area (TPSA) is 37.4 Å². The summed E-state index contributed by atoms with van der Waals surface area (Å²) in [5.74, 6) is 0.343. The van der Waals surface area contributed by atoms with Crippen LogP contribution in [0, 0.1) is 6.92 Å². The average molecular weight is 281 g/mol. The van der Waals surface area contributed by atoms with E-state index in [1.54, 1.807) is 4.31 Å². The fourth-order valence-electron chi connectivity index (χ4n) is 2.50. The Balaban J connectivity index is 2.41. The lowest BCUT2D eigenvalue weighted by Crippen LogP contribution is -2.36. The molecule has 1 saturated heterocycles. The molecule has 1 aromatic carbocycles. The van der Waals surface area contributed by atoms with Gasteiger partial charge in [-0.1, -0.05) is 32.4 Å². The zero-order valence-electron chi connectivity index (χ0n) is 12.0. The van der Waals surface area contributed by atoms with Gasteiger partial charge in [0.05, 0.1) is 4.90 Å². The van der Waals surface area contributed by atoms with Crippen LogP contribution in [0.2, 0.25) is 0 Å². The van der Waals surface area contributed by atoms with Gasteiger partial charge in [0, 0.05) is 13.1 Å². The van der Waals surface area contributed by atoms with Gasteiger partial charge in [0.25, 0.3) is 0 Å². The third-order valence-corrected chi connectivity index (χ3v) is 5.85. The zero-order valence-corrected chi connectivity index (χ0v) is 12.8. The number of hydrogen-bond donors (Lipinski definition) is 0. The molecule has 19 heavy (non-hydrogen) atoms. The highest BCUT2D eigenvalue weighted by Crippen LogP contribution is 2.26. The number of piperidine rings is 1. The van der Waals surface area contributed by atoms with Crippen LogP contribution < -0.4 is 0 Å². The van der Waals surface area contributed by atoms with Crippen molar-refractivity contribution in [3.63, 3.8) is 0 Å². The Morgan fingerprint density at radius 2 is 1.74 bits per heavy atom. The van der Waals surface area contributed by atoms with Crippen molar-refractivity contribution in [1.82, 2.24) is 4.31 Å². The van der Waals surface area contributed by atoms with Crippen LogP contribution in [-0.4, -0.2) is 25.8 Å². The van der Waals surface area contributed by atoms with E-state index >= 15 is 0 Å². The number of nitrogens with zero attached hydrogens (tertiary/aromatic N) is 1. The van der Waals surface area contributed by atoms with E-state index in [1.165, 1.54) is 0 Å². The minimum absolute atomic E-state index is 0.343. The van der Waals surface area contributed by atoms with E-state index in [0.717, 1.165) is 30.4 Å². The molecular formula is C15H23NO2S. The Morgan fingerprint density at radius 3 is 2.32 bits per heavy atom. The Kier molecular flexibility index (Phi) is 4.31. The van der Waals surface area contributed by atoms with E-state index in [2.05, 4.69) is 13.8 Å². The highest BCUT2D eigenvalue weighted by Gasteiger charge is 2.27. The molecule has 0 atom stereocenters. The first-order valence-electron chi connectivity index (χ1n) is 7.03. The van der Waals surface area contributed by atoms with Crippen molar-refractivity contribution in [1.29, 1.82) is 0 Å². The standard InChI is InChI=1S/C15H23NO2S/c1-12(2)14-8-7-13(3)15(11-14)19(17,18)16-9-5-4-6-10-16/h7-8,11-12H,4-6,9-10H2,1-3H3. The Hall–Kier alpha value is -0.870. The smallest absolute Gasteiger partial charge is 0.207 e. The van der Waals surface area contributed by atoms with Gasteiger partial charge in [-0.3, -0.25) is 0 Å². The molecule has 0 aromatic heterocycles. The molecule has 0 N–H and O–H groups in total. The lowest BCUT2D eigenvalue weighted by atomic mass is 10.0. The molecule has 0 aliphatic carbocycles. The van der Waals surface area contributed by atoms with Gasteiger partial charge < -0.3 is 0 Å². The third-order valence-electron chi connectivity index (χ3n) is 3.81. The summed E-state index contributed by atoms with van der Waals surface area (Å²) in [6, 6.07) is 5.80. The van der Waals surface area contributed by atoms with Crippen molar-refractivity contribution >= 4 is 10.0 Å². The molecule has 0 spiro atoms. The van der Waals surface area contributed by atoms with Crippen molar-refractivity contribution in [2.24, 2.45) is 0 Å². The molecule has 0 amide bonds. The summed E-state index contributed by atoms with van der Waals surface area (Å²) in [6.45, 7) is 7.37. The fraction of sp³-hybridized carbons (Fsp3) is 0.600. The molecule has 0 unspecified atom stereocenters. The number of rotatable bonds is 3. The maximum atomic E-state index is 12.7. The summed E-state index contributed by atoms with van der Waals surface area (Å²) in [7, 11) is -3.32. The van der Waals surface area contributed by atoms with E-state index in [9.17, 15) is 8.42 Å². The zero-order chi connectivity index (χ0) is 14.0. The molecule has 1 heterocycles. The van der Waals surface area contributed by atoms with Crippen LogP contribution in [0.15, 0.2) is 23.1 Å². The van der Waals surface area contributed by atoms with Gasteiger partial charge in [0.15, 0.2) is 0 Å². The Labute approximate surface area is 116 Å². The minimum Gasteiger partial charge on any atom is -0.207 e. The average Bonchev–Trinajstić information content (AvgIpc) is 2.39. The molecular weight excluding hydrogens is 258 g/mol. The van der Waals surface area contributed by atoms with Crippen LogP contribution in [-0.2, 0) is 10.0 Å². The van der Waals surface area contributed by atoms with Crippen LogP contribution >= 0.6 is 0 Å². The van der Waals surface area contributed by atoms with E-state index < -0.39 is 10.0 Å². The van der Waals surface area contributed by atoms with Gasteiger partial charge in [0.1, 0.15) is 0 Å². The maximum absolute atomic E-state index is 12.7. The largest absolute Gasteiger partial charge is 0.243 e. The first kappa shape index (κ1) is 14.5. The molecule has 2 rings (SSSR count). The third kappa shape index (κ3) is 3.00. The van der Waals surface area contributed by atoms with Crippen molar-refractivity contribution in [2.75, 3.05) is 13.1 Å². The van der Waals surface area contributed by atoms with Crippen molar-refractivity contribution in [3.8, 4) is 0 Å². The molecule has 0 bridgehead atoms. The lowest BCUT2D eigenvalue weighted by Gasteiger charge is -2.27. The molecule has 1 fully saturated rings. The quantitative estimate of drug-likeness (QED) is 0.852. The van der Waals surface area contributed by atoms with Crippen molar-refractivity contribution in [3.05, 3.63) is 29.3 Å². The number of sulfonamides is 1. The molecule has 0 saturated carbocycles. The molecule has 1 aromatic rings. The van der Waals surface area contributed by atoms with Gasteiger partial charge in [-0.05, 0) is 42.9 Å². The van der Waals surface area contributed by atoms with E-state index in [0.29, 0.717) is 23.9 Å². The van der Waals surface area contributed by atoms with Crippen LogP contribution in [0.5, 0.6) is 0 Å². The lowest BCUT2D eigenvalue weighted by molar-refractivity contribution is 0.346. The fourth-order valence-corrected chi connectivity index (χ4v) is 4.28. The summed E-state index contributed by atoms with van der Waals surface area (Å²) in [5.41, 5.74) is 1.93. The van der Waals surface area contributed by atoms with E-state index in [4.69, 9.17) is 0 Å². The van der Waals surface area contributed by atoms with Crippen LogP contribution in [0.25, 0.3) is 0 Å². The molecule has 4 heteroatoms. The summed E-state index contributed by atoms with van der Waals surface area (Å²) in [4.78, 5) is 0.487. The number of benzene rings is 1. The van der Waals surface area contributed by atoms with Gasteiger partial charge in [-0.25, -0.2) is 8.42 Å². The molecule has 3 nitrogen and oxygen atoms in total. The van der Waals surface area contributed by atoms with Gasteiger partial charge in [-0.2, -0.15) is 4.31 Å². The highest BCUT2D eigenvalue weighted by molar-refractivity contribution is 7.89. The Bertz CT molecular complexity index is 543. The molecule has 1 aliphatic heterocycles. The summed E-state index contributed by atoms with van der Waals surface area (Å²) in [6.07, 6.45) is 3.08. The molecule has 1 aliphatic rings. The number of hydrogen-bond acceptors (Lipinski definition) is 2. The molecule has 106 valence electrons. The second-order valence-electron chi connectivity index (χ2n) is 5.64. The summed E-state index contributed by atoms with van der Waals surface area (Å²) >= 11 is 0. The highest BCUT2D eigenvalue weighted by atomic mass is 32.2. The predicted octanol–water partition coefficient (Wildman–Crippen LogP) is 3.29. The van der Waals surface area contributed by atoms with Crippen molar-refractivity contribution < 1.29 is 8.42 Å². The van der Waals surface area contributed by atoms with Gasteiger partial charge in [-0.15, -0.1) is 0 Å². The monoisotopic (exact) mass is 281 g/mol. The normalized spacial score (nSPS) is 17.9. The Morgan fingerprint density at radius 1 is 1.11 bits per heavy atom. The van der Waals surface area contributed by atoms with Crippen molar-refractivity contribution in [2.45, 2.75) is 50.8 Å². The maximum Gasteiger partial charge on any atom is 0.243 e.